The highest BCUT2D eigenvalue weighted by Crippen LogP contribution is 2.33. The van der Waals surface area contributed by atoms with Crippen LogP contribution in [0.5, 0.6) is 0 Å². The van der Waals surface area contributed by atoms with E-state index in [2.05, 4.69) is 30.8 Å². The van der Waals surface area contributed by atoms with Crippen LogP contribution in [0, 0.1) is 0 Å². The van der Waals surface area contributed by atoms with Crippen LogP contribution in [0.4, 0.5) is 18.0 Å². The summed E-state index contributed by atoms with van der Waals surface area (Å²) in [4.78, 5) is 47.4. The number of thioether (sulfide) groups is 1. The molecule has 0 spiro atoms. The van der Waals surface area contributed by atoms with Crippen molar-refractivity contribution in [2.45, 2.75) is 80.8 Å². The van der Waals surface area contributed by atoms with Crippen LogP contribution in [0.2, 0.25) is 0 Å². The van der Waals surface area contributed by atoms with E-state index < -0.39 is 17.8 Å². The number of carbonyl (C=O) groups excluding carboxylic acids is 3. The second-order valence-electron chi connectivity index (χ2n) is 14.7. The van der Waals surface area contributed by atoms with Crippen LogP contribution in [0.1, 0.15) is 55.7 Å². The molecule has 0 saturated carbocycles. The molecular weight excluding hydrogens is 748 g/mol. The number of pyridine rings is 1. The predicted molar refractivity (Wildman–Crippen MR) is 206 cm³/mol. The standard InChI is InChI=1S/C39H50F3N9O4S/c1-48(18-5-6-20-49(2)35(52)11-4-3-10-34-37-31(26-56-34)44-38(54)45-37)19-8-12-36(53)50-23-32(51-22-30(46-47-51)28-9-7-17-43-21-28)33(24-50)55-25-27-13-15-29(16-14-27)39(40,41)42/h7-9,12-17,21-22,31-34,37H,3-6,10-11,18-20,23-26H2,1-2H3,(H2,44,45,54)/b12-8+/t31-,32+,33+,34+,37-/m0/s1. The van der Waals surface area contributed by atoms with Gasteiger partial charge in [-0.05, 0) is 69.1 Å². The maximum atomic E-state index is 13.3. The molecule has 0 unspecified atom stereocenters. The van der Waals surface area contributed by atoms with Crippen molar-refractivity contribution in [1.29, 1.82) is 0 Å². The van der Waals surface area contributed by atoms with Gasteiger partial charge in [-0.2, -0.15) is 24.9 Å². The van der Waals surface area contributed by atoms with E-state index in [9.17, 15) is 27.6 Å². The van der Waals surface area contributed by atoms with Gasteiger partial charge >= 0.3 is 12.2 Å². The van der Waals surface area contributed by atoms with Crippen LogP contribution in [0.25, 0.3) is 11.3 Å². The molecule has 3 saturated heterocycles. The summed E-state index contributed by atoms with van der Waals surface area (Å²) >= 11 is 1.90. The zero-order valence-electron chi connectivity index (χ0n) is 31.7. The third-order valence-corrected chi connectivity index (χ3v) is 12.1. The number of likely N-dealkylation sites (N-methyl/N-ethyl adjacent to an activating group) is 1. The zero-order valence-corrected chi connectivity index (χ0v) is 32.6. The van der Waals surface area contributed by atoms with Gasteiger partial charge in [0, 0.05) is 74.7 Å². The molecule has 17 heteroatoms. The van der Waals surface area contributed by atoms with E-state index in [1.54, 1.807) is 40.3 Å². The van der Waals surface area contributed by atoms with E-state index >= 15 is 0 Å². The molecular formula is C39H50F3N9O4S. The van der Waals surface area contributed by atoms with Gasteiger partial charge in [-0.1, -0.05) is 29.8 Å². The molecule has 3 aromatic rings. The lowest BCUT2D eigenvalue weighted by Crippen LogP contribution is -2.36. The number of hydrogen-bond acceptors (Lipinski definition) is 9. The lowest BCUT2D eigenvalue weighted by molar-refractivity contribution is -0.137. The first kappa shape index (κ1) is 41.2. The predicted octanol–water partition coefficient (Wildman–Crippen LogP) is 4.78. The molecule has 302 valence electrons. The van der Waals surface area contributed by atoms with Crippen molar-refractivity contribution < 1.29 is 32.3 Å². The van der Waals surface area contributed by atoms with Crippen molar-refractivity contribution in [2.75, 3.05) is 52.6 Å². The molecule has 5 atom stereocenters. The smallest absolute Gasteiger partial charge is 0.369 e. The Bertz CT molecular complexity index is 1800. The number of hydrogen-bond donors (Lipinski definition) is 2. The van der Waals surface area contributed by atoms with Crippen molar-refractivity contribution in [2.24, 2.45) is 0 Å². The van der Waals surface area contributed by atoms with Gasteiger partial charge in [0.15, 0.2) is 0 Å². The van der Waals surface area contributed by atoms with Crippen molar-refractivity contribution in [3.63, 3.8) is 0 Å². The third kappa shape index (κ3) is 11.1. The van der Waals surface area contributed by atoms with Crippen LogP contribution < -0.4 is 10.6 Å². The highest BCUT2D eigenvalue weighted by molar-refractivity contribution is 8.00. The Hall–Kier alpha value is -4.48. The van der Waals surface area contributed by atoms with E-state index in [0.29, 0.717) is 42.6 Å². The van der Waals surface area contributed by atoms with E-state index in [0.717, 1.165) is 62.1 Å². The number of carbonyl (C=O) groups is 3. The fourth-order valence-electron chi connectivity index (χ4n) is 7.27. The fourth-order valence-corrected chi connectivity index (χ4v) is 8.82. The molecule has 56 heavy (non-hydrogen) atoms. The molecule has 5 heterocycles. The summed E-state index contributed by atoms with van der Waals surface area (Å²) in [6.07, 6.45) is 8.73. The minimum absolute atomic E-state index is 0.0671. The van der Waals surface area contributed by atoms with Crippen LogP contribution in [-0.2, 0) is 27.1 Å². The van der Waals surface area contributed by atoms with Gasteiger partial charge in [0.05, 0.1) is 42.6 Å². The van der Waals surface area contributed by atoms with Crippen molar-refractivity contribution in [3.8, 4) is 11.3 Å². The minimum Gasteiger partial charge on any atom is -0.369 e. The van der Waals surface area contributed by atoms with Crippen LogP contribution >= 0.6 is 11.8 Å². The number of nitrogens with zero attached hydrogens (tertiary/aromatic N) is 7. The Labute approximate surface area is 329 Å². The molecule has 6 rings (SSSR count). The summed E-state index contributed by atoms with van der Waals surface area (Å²) in [6.45, 7) is 2.73. The summed E-state index contributed by atoms with van der Waals surface area (Å²) in [5.41, 5.74) is 1.27. The summed E-state index contributed by atoms with van der Waals surface area (Å²) in [7, 11) is 3.84. The van der Waals surface area contributed by atoms with Crippen LogP contribution in [0.3, 0.4) is 0 Å². The first-order valence-electron chi connectivity index (χ1n) is 19.1. The van der Waals surface area contributed by atoms with E-state index in [1.807, 2.05) is 42.9 Å². The monoisotopic (exact) mass is 797 g/mol. The highest BCUT2D eigenvalue weighted by Gasteiger charge is 2.42. The SMILES string of the molecule is CN(C/C=C/C(=O)N1C[C@@H](n2cc(-c3cccnc3)nn2)[C@H](OCc2ccc(C(F)(F)F)cc2)C1)CCCCN(C)C(=O)CCCC[C@H]1SC[C@@H]2NC(=O)N[C@@H]21. The number of unbranched alkanes of at least 4 members (excludes halogenated alkanes) is 2. The van der Waals surface area contributed by atoms with Gasteiger partial charge in [0.25, 0.3) is 0 Å². The van der Waals surface area contributed by atoms with Crippen molar-refractivity contribution >= 4 is 29.6 Å². The number of benzene rings is 1. The minimum atomic E-state index is -4.42. The summed E-state index contributed by atoms with van der Waals surface area (Å²) in [6, 6.07) is 8.52. The van der Waals surface area contributed by atoms with Crippen LogP contribution in [0.15, 0.2) is 67.1 Å². The summed E-state index contributed by atoms with van der Waals surface area (Å²) in [5.74, 6) is 0.920. The highest BCUT2D eigenvalue weighted by atomic mass is 32.2. The lowest BCUT2D eigenvalue weighted by atomic mass is 10.0. The molecule has 0 radical (unpaired) electrons. The van der Waals surface area contributed by atoms with E-state index in [4.69, 9.17) is 4.74 Å². The van der Waals surface area contributed by atoms with Gasteiger partial charge in [-0.25, -0.2) is 9.48 Å². The molecule has 1 aromatic carbocycles. The number of urea groups is 1. The number of rotatable bonds is 18. The quantitative estimate of drug-likeness (QED) is 0.106. The average molecular weight is 798 g/mol. The number of amides is 4. The number of likely N-dealkylation sites (tertiary alicyclic amines) is 1. The lowest BCUT2D eigenvalue weighted by Gasteiger charge is -2.19. The molecule has 3 aliphatic rings. The normalized spacial score (nSPS) is 22.1. The zero-order chi connectivity index (χ0) is 39.7. The molecule has 0 aliphatic carbocycles. The number of aromatic nitrogens is 4. The summed E-state index contributed by atoms with van der Waals surface area (Å²) in [5, 5.41) is 15.0. The number of fused-ring (bicyclic) bond motifs is 1. The molecule has 2 aromatic heterocycles. The largest absolute Gasteiger partial charge is 0.416 e. The molecule has 13 nitrogen and oxygen atoms in total. The topological polar surface area (TPSA) is 138 Å². The number of halogens is 3. The Morgan fingerprint density at radius 1 is 1.05 bits per heavy atom. The first-order chi connectivity index (χ1) is 26.9. The second-order valence-corrected chi connectivity index (χ2v) is 16.0. The van der Waals surface area contributed by atoms with Crippen molar-refractivity contribution in [1.82, 2.24) is 45.3 Å². The molecule has 3 fully saturated rings. The average Bonchev–Trinajstić information content (AvgIpc) is 3.99. The van der Waals surface area contributed by atoms with Gasteiger partial charge in [-0.15, -0.1) is 5.10 Å². The van der Waals surface area contributed by atoms with E-state index in [1.165, 1.54) is 12.1 Å². The molecule has 3 aliphatic heterocycles. The molecule has 2 N–H and O–H groups in total. The Balaban J connectivity index is 0.917. The number of alkyl halides is 3. The molecule has 4 amide bonds. The summed E-state index contributed by atoms with van der Waals surface area (Å²) < 4.78 is 47.1. The van der Waals surface area contributed by atoms with Gasteiger partial charge in [0.2, 0.25) is 11.8 Å². The van der Waals surface area contributed by atoms with E-state index in [-0.39, 0.29) is 49.1 Å². The maximum absolute atomic E-state index is 13.3. The maximum Gasteiger partial charge on any atom is 0.416 e. The fraction of sp³-hybridized carbons (Fsp3) is 0.538. The second kappa shape index (κ2) is 19.1. The Kier molecular flexibility index (Phi) is 14.0. The van der Waals surface area contributed by atoms with Gasteiger partial charge in [-0.3, -0.25) is 14.6 Å². The number of ether oxygens (including phenoxy) is 1. The van der Waals surface area contributed by atoms with Crippen molar-refractivity contribution in [3.05, 3.63) is 78.3 Å². The third-order valence-electron chi connectivity index (χ3n) is 10.6. The number of nitrogens with one attached hydrogen (secondary N) is 2. The van der Waals surface area contributed by atoms with Crippen LogP contribution in [-0.4, -0.2) is 129 Å². The Morgan fingerprint density at radius 2 is 1.86 bits per heavy atom. The Morgan fingerprint density at radius 3 is 2.62 bits per heavy atom. The first-order valence-corrected chi connectivity index (χ1v) is 20.2. The van der Waals surface area contributed by atoms with Gasteiger partial charge in [0.1, 0.15) is 5.69 Å². The molecule has 0 bridgehead atoms. The van der Waals surface area contributed by atoms with Gasteiger partial charge < -0.3 is 30.1 Å².